The number of ether oxygens (including phenoxy) is 1. The van der Waals surface area contributed by atoms with Crippen molar-refractivity contribution in [1.29, 1.82) is 10.5 Å². The van der Waals surface area contributed by atoms with Crippen molar-refractivity contribution in [2.45, 2.75) is 13.0 Å². The van der Waals surface area contributed by atoms with Crippen LogP contribution in [-0.2, 0) is 4.74 Å². The summed E-state index contributed by atoms with van der Waals surface area (Å²) in [7, 11) is 0. The molecule has 0 fully saturated rings. The zero-order valence-corrected chi connectivity index (χ0v) is 6.79. The third-order valence-corrected chi connectivity index (χ3v) is 1.71. The Kier molecular flexibility index (Phi) is 2.68. The second-order valence-electron chi connectivity index (χ2n) is 2.47. The fourth-order valence-corrected chi connectivity index (χ4v) is 1.07. The molecule has 4 heteroatoms. The lowest BCUT2D eigenvalue weighted by Crippen LogP contribution is -2.15. The van der Waals surface area contributed by atoms with E-state index >= 15 is 0 Å². The van der Waals surface area contributed by atoms with Gasteiger partial charge in [-0.15, -0.1) is 0 Å². The van der Waals surface area contributed by atoms with Crippen molar-refractivity contribution < 1.29 is 4.74 Å². The Hall–Kier alpha value is -1.52. The average Bonchev–Trinajstić information content (AvgIpc) is 2.43. The molecular formula is C8H9N3O. The fraction of sp³-hybridized carbons (Fsp3) is 0.500. The van der Waals surface area contributed by atoms with E-state index < -0.39 is 0 Å². The summed E-state index contributed by atoms with van der Waals surface area (Å²) in [5.74, 6) is 0. The van der Waals surface area contributed by atoms with Gasteiger partial charge in [-0.05, 0) is 6.92 Å². The van der Waals surface area contributed by atoms with Crippen molar-refractivity contribution in [3.8, 4) is 12.1 Å². The Bertz CT molecular complexity index is 282. The monoisotopic (exact) mass is 163 g/mol. The number of nitrogens with one attached hydrogen (secondary N) is 1. The van der Waals surface area contributed by atoms with E-state index in [1.165, 1.54) is 0 Å². The number of rotatable bonds is 2. The lowest BCUT2D eigenvalue weighted by molar-refractivity contribution is 0.134. The second kappa shape index (κ2) is 3.75. The second-order valence-corrected chi connectivity index (χ2v) is 2.47. The third-order valence-electron chi connectivity index (χ3n) is 1.71. The third kappa shape index (κ3) is 1.55. The van der Waals surface area contributed by atoms with E-state index in [9.17, 15) is 0 Å². The van der Waals surface area contributed by atoms with Gasteiger partial charge in [-0.1, -0.05) is 0 Å². The predicted molar refractivity (Wildman–Crippen MR) is 41.7 cm³/mol. The van der Waals surface area contributed by atoms with Crippen molar-refractivity contribution in [3.05, 3.63) is 11.3 Å². The van der Waals surface area contributed by atoms with E-state index in [1.54, 1.807) is 0 Å². The molecule has 1 rings (SSSR count). The quantitative estimate of drug-likeness (QED) is 0.594. The minimum atomic E-state index is -0.142. The van der Waals surface area contributed by atoms with Gasteiger partial charge >= 0.3 is 0 Å². The molecule has 0 bridgehead atoms. The maximum atomic E-state index is 8.70. The summed E-state index contributed by atoms with van der Waals surface area (Å²) < 4.78 is 5.20. The Balaban J connectivity index is 2.68. The van der Waals surface area contributed by atoms with E-state index in [4.69, 9.17) is 15.3 Å². The van der Waals surface area contributed by atoms with Crippen molar-refractivity contribution >= 4 is 0 Å². The maximum absolute atomic E-state index is 8.70. The lowest BCUT2D eigenvalue weighted by atomic mass is 10.2. The molecule has 0 saturated heterocycles. The van der Waals surface area contributed by atoms with Crippen LogP contribution in [0.3, 0.4) is 0 Å². The van der Waals surface area contributed by atoms with Crippen molar-refractivity contribution in [2.75, 3.05) is 13.2 Å². The molecule has 1 N–H and O–H groups in total. The summed E-state index contributed by atoms with van der Waals surface area (Å²) in [4.78, 5) is 0. The topological polar surface area (TPSA) is 68.8 Å². The first-order valence-corrected chi connectivity index (χ1v) is 3.65. The van der Waals surface area contributed by atoms with Crippen LogP contribution in [0.4, 0.5) is 0 Å². The largest absolute Gasteiger partial charge is 0.373 e. The Morgan fingerprint density at radius 2 is 2.42 bits per heavy atom. The summed E-state index contributed by atoms with van der Waals surface area (Å²) in [6.45, 7) is 2.45. The first-order chi connectivity index (χ1) is 5.79. The van der Waals surface area contributed by atoms with Gasteiger partial charge in [0.2, 0.25) is 0 Å². The van der Waals surface area contributed by atoms with Crippen LogP contribution in [-0.4, -0.2) is 19.3 Å². The van der Waals surface area contributed by atoms with Crippen LogP contribution in [0.25, 0.3) is 0 Å². The average molecular weight is 163 g/mol. The first kappa shape index (κ1) is 8.58. The summed E-state index contributed by atoms with van der Waals surface area (Å²) in [5.41, 5.74) is 1.34. The van der Waals surface area contributed by atoms with Crippen LogP contribution >= 0.6 is 0 Å². The molecule has 0 radical (unpaired) electrons. The van der Waals surface area contributed by atoms with Gasteiger partial charge in [0.1, 0.15) is 6.54 Å². The maximum Gasteiger partial charge on any atom is 0.103 e. The van der Waals surface area contributed by atoms with Gasteiger partial charge in [-0.25, -0.2) is 0 Å². The molecule has 1 heterocycles. The lowest BCUT2D eigenvalue weighted by Gasteiger charge is -1.99. The van der Waals surface area contributed by atoms with Crippen LogP contribution in [0.2, 0.25) is 0 Å². The molecule has 12 heavy (non-hydrogen) atoms. The number of nitrogens with zero attached hydrogens (tertiary/aromatic N) is 2. The Labute approximate surface area is 71.0 Å². The number of hydrogen-bond acceptors (Lipinski definition) is 4. The molecule has 0 saturated carbocycles. The molecule has 0 amide bonds. The summed E-state index contributed by atoms with van der Waals surface area (Å²) in [5, 5.41) is 19.8. The highest BCUT2D eigenvalue weighted by Gasteiger charge is 2.21. The molecule has 1 atom stereocenters. The van der Waals surface area contributed by atoms with Crippen LogP contribution in [0, 0.1) is 22.7 Å². The molecule has 0 spiro atoms. The number of hydrogen-bond donors (Lipinski definition) is 1. The highest BCUT2D eigenvalue weighted by atomic mass is 16.5. The van der Waals surface area contributed by atoms with Crippen LogP contribution in [0.15, 0.2) is 11.3 Å². The zero-order chi connectivity index (χ0) is 8.97. The minimum absolute atomic E-state index is 0.142. The first-order valence-electron chi connectivity index (χ1n) is 3.65. The van der Waals surface area contributed by atoms with Gasteiger partial charge in [-0.2, -0.15) is 10.5 Å². The Morgan fingerprint density at radius 1 is 1.67 bits per heavy atom. The highest BCUT2D eigenvalue weighted by molar-refractivity contribution is 5.33. The van der Waals surface area contributed by atoms with Gasteiger partial charge in [-0.3, -0.25) is 0 Å². The van der Waals surface area contributed by atoms with Gasteiger partial charge in [0.15, 0.2) is 0 Å². The molecule has 1 aliphatic rings. The molecule has 1 unspecified atom stereocenters. The zero-order valence-electron chi connectivity index (χ0n) is 6.79. The molecular weight excluding hydrogens is 154 g/mol. The Morgan fingerprint density at radius 3 is 3.00 bits per heavy atom. The summed E-state index contributed by atoms with van der Waals surface area (Å²) in [6.07, 6.45) is -0.142. The van der Waals surface area contributed by atoms with Gasteiger partial charge in [0, 0.05) is 0 Å². The van der Waals surface area contributed by atoms with E-state index in [0.29, 0.717) is 12.2 Å². The van der Waals surface area contributed by atoms with Crippen molar-refractivity contribution in [1.82, 2.24) is 5.32 Å². The number of nitriles is 2. The summed E-state index contributed by atoms with van der Waals surface area (Å²) in [6, 6.07) is 4.00. The molecule has 0 aromatic rings. The molecule has 62 valence electrons. The normalized spacial score (nSPS) is 21.8. The smallest absolute Gasteiger partial charge is 0.103 e. The summed E-state index contributed by atoms with van der Waals surface area (Å²) >= 11 is 0. The predicted octanol–water partition coefficient (Wildman–Crippen LogP) is 0.296. The van der Waals surface area contributed by atoms with Crippen LogP contribution in [0.1, 0.15) is 6.92 Å². The van der Waals surface area contributed by atoms with Gasteiger partial charge in [0.05, 0.1) is 36.1 Å². The van der Waals surface area contributed by atoms with Gasteiger partial charge in [0.25, 0.3) is 0 Å². The van der Waals surface area contributed by atoms with Gasteiger partial charge < -0.3 is 10.1 Å². The fourth-order valence-electron chi connectivity index (χ4n) is 1.07. The minimum Gasteiger partial charge on any atom is -0.373 e. The van der Waals surface area contributed by atoms with E-state index in [-0.39, 0.29) is 12.6 Å². The molecule has 0 aromatic heterocycles. The van der Waals surface area contributed by atoms with Crippen molar-refractivity contribution in [3.63, 3.8) is 0 Å². The molecule has 4 nitrogen and oxygen atoms in total. The van der Waals surface area contributed by atoms with Crippen molar-refractivity contribution in [2.24, 2.45) is 0 Å². The molecule has 0 aromatic carbocycles. The molecule has 1 aliphatic heterocycles. The van der Waals surface area contributed by atoms with Crippen LogP contribution < -0.4 is 5.32 Å². The van der Waals surface area contributed by atoms with Crippen LogP contribution in [0.5, 0.6) is 0 Å². The highest BCUT2D eigenvalue weighted by Crippen LogP contribution is 2.17. The SMILES string of the molecule is CC1OCC(NCC#N)=C1C#N. The van der Waals surface area contributed by atoms with E-state index in [2.05, 4.69) is 11.4 Å². The van der Waals surface area contributed by atoms with E-state index in [0.717, 1.165) is 5.70 Å². The molecule has 0 aliphatic carbocycles. The standard InChI is InChI=1S/C8H9N3O/c1-6-7(4-10)8(5-12-6)11-3-2-9/h6,11H,3,5H2,1H3. The van der Waals surface area contributed by atoms with E-state index in [1.807, 2.05) is 13.0 Å².